The van der Waals surface area contributed by atoms with Gasteiger partial charge in [-0.15, -0.1) is 0 Å². The fourth-order valence-electron chi connectivity index (χ4n) is 2.01. The molecule has 19 heavy (non-hydrogen) atoms. The smallest absolute Gasteiger partial charge is 0.327 e. The zero-order chi connectivity index (χ0) is 14.3. The van der Waals surface area contributed by atoms with Crippen LogP contribution in [-0.2, 0) is 16.0 Å². The van der Waals surface area contributed by atoms with Crippen LogP contribution in [0.15, 0.2) is 24.3 Å². The lowest BCUT2D eigenvalue weighted by molar-refractivity contribution is -0.143. The average Bonchev–Trinajstić information content (AvgIpc) is 2.42. The Morgan fingerprint density at radius 2 is 2.05 bits per heavy atom. The molecule has 0 radical (unpaired) electrons. The zero-order valence-electron chi connectivity index (χ0n) is 12.3. The highest BCUT2D eigenvalue weighted by atomic mass is 16.5. The third-order valence-electron chi connectivity index (χ3n) is 3.09. The van der Waals surface area contributed by atoms with Crippen LogP contribution in [0.25, 0.3) is 0 Å². The van der Waals surface area contributed by atoms with Gasteiger partial charge in [0.1, 0.15) is 6.04 Å². The lowest BCUT2D eigenvalue weighted by Crippen LogP contribution is -2.35. The molecule has 0 saturated carbocycles. The topological polar surface area (TPSA) is 41.6 Å². The number of carbonyl (C=O) groups excluding carboxylic acids is 1. The van der Waals surface area contributed by atoms with Gasteiger partial charge in [0.05, 0.1) is 7.11 Å². The molecule has 1 N–H and O–H groups in total. The molecule has 0 aromatic heterocycles. The predicted molar refractivity (Wildman–Crippen MR) is 77.1 cm³/mol. The number of esters is 1. The van der Waals surface area contributed by atoms with E-state index >= 15 is 0 Å². The van der Waals surface area contributed by atoms with Crippen LogP contribution in [0.5, 0.6) is 0 Å². The molecule has 4 nitrogen and oxygen atoms in total. The van der Waals surface area contributed by atoms with Crippen LogP contribution < -0.4 is 5.32 Å². The number of hydrogen-bond donors (Lipinski definition) is 1. The van der Waals surface area contributed by atoms with E-state index in [4.69, 9.17) is 4.74 Å². The van der Waals surface area contributed by atoms with Gasteiger partial charge in [0, 0.05) is 13.1 Å². The third-order valence-corrected chi connectivity index (χ3v) is 3.09. The van der Waals surface area contributed by atoms with Crippen LogP contribution in [0.2, 0.25) is 0 Å². The van der Waals surface area contributed by atoms with E-state index in [0.717, 1.165) is 25.1 Å². The Labute approximate surface area is 115 Å². The summed E-state index contributed by atoms with van der Waals surface area (Å²) in [6, 6.07) is 7.61. The fraction of sp³-hybridized carbons (Fsp3) is 0.533. The second-order valence-electron chi connectivity index (χ2n) is 4.77. The molecule has 1 aromatic carbocycles. The molecule has 1 aromatic rings. The Kier molecular flexibility index (Phi) is 6.53. The van der Waals surface area contributed by atoms with Crippen molar-refractivity contribution in [2.75, 3.05) is 34.3 Å². The molecule has 0 aliphatic carbocycles. The van der Waals surface area contributed by atoms with Crippen molar-refractivity contribution in [1.29, 1.82) is 0 Å². The first kappa shape index (κ1) is 15.7. The number of rotatable bonds is 7. The second kappa shape index (κ2) is 7.92. The number of hydrogen-bond acceptors (Lipinski definition) is 4. The van der Waals surface area contributed by atoms with Gasteiger partial charge in [0.25, 0.3) is 0 Å². The number of likely N-dealkylation sites (N-methyl/N-ethyl adjacent to an activating group) is 1. The molecule has 106 valence electrons. The largest absolute Gasteiger partial charge is 0.468 e. The summed E-state index contributed by atoms with van der Waals surface area (Å²) in [7, 11) is 5.45. The van der Waals surface area contributed by atoms with Gasteiger partial charge in [0.15, 0.2) is 0 Å². The molecule has 0 saturated heterocycles. The molecule has 0 amide bonds. The first-order valence-corrected chi connectivity index (χ1v) is 6.63. The van der Waals surface area contributed by atoms with Crippen LogP contribution in [0.4, 0.5) is 0 Å². The molecule has 4 heteroatoms. The van der Waals surface area contributed by atoms with E-state index in [-0.39, 0.29) is 12.0 Å². The summed E-state index contributed by atoms with van der Waals surface area (Å²) < 4.78 is 4.91. The highest BCUT2D eigenvalue weighted by Gasteiger charge is 2.22. The van der Waals surface area contributed by atoms with Gasteiger partial charge in [-0.2, -0.15) is 0 Å². The number of benzene rings is 1. The summed E-state index contributed by atoms with van der Waals surface area (Å²) in [5.74, 6) is -0.236. The molecule has 1 unspecified atom stereocenters. The lowest BCUT2D eigenvalue weighted by atomic mass is 9.98. The fourth-order valence-corrected chi connectivity index (χ4v) is 2.01. The minimum absolute atomic E-state index is 0.236. The number of carbonyl (C=O) groups is 1. The molecule has 0 fully saturated rings. The Morgan fingerprint density at radius 3 is 2.63 bits per heavy atom. The number of aryl methyl sites for hydroxylation is 1. The Bertz CT molecular complexity index is 405. The van der Waals surface area contributed by atoms with Crippen LogP contribution >= 0.6 is 0 Å². The first-order chi connectivity index (χ1) is 9.10. The van der Waals surface area contributed by atoms with Crippen molar-refractivity contribution in [2.24, 2.45) is 0 Å². The number of nitrogens with one attached hydrogen (secondary N) is 1. The molecular formula is C15H24N2O2. The van der Waals surface area contributed by atoms with Crippen LogP contribution in [0.1, 0.15) is 24.1 Å². The van der Waals surface area contributed by atoms with E-state index in [2.05, 4.69) is 23.2 Å². The van der Waals surface area contributed by atoms with Gasteiger partial charge in [-0.1, -0.05) is 31.2 Å². The highest BCUT2D eigenvalue weighted by molar-refractivity contribution is 5.78. The highest BCUT2D eigenvalue weighted by Crippen LogP contribution is 2.19. The van der Waals surface area contributed by atoms with E-state index < -0.39 is 0 Å². The molecule has 1 rings (SSSR count). The zero-order valence-corrected chi connectivity index (χ0v) is 12.3. The van der Waals surface area contributed by atoms with Crippen molar-refractivity contribution in [3.05, 3.63) is 35.4 Å². The van der Waals surface area contributed by atoms with Gasteiger partial charge in [-0.3, -0.25) is 5.32 Å². The molecule has 1 atom stereocenters. The monoisotopic (exact) mass is 264 g/mol. The Morgan fingerprint density at radius 1 is 1.37 bits per heavy atom. The summed E-state index contributed by atoms with van der Waals surface area (Å²) in [5, 5.41) is 3.28. The summed E-state index contributed by atoms with van der Waals surface area (Å²) >= 11 is 0. The maximum Gasteiger partial charge on any atom is 0.327 e. The van der Waals surface area contributed by atoms with Gasteiger partial charge >= 0.3 is 5.97 Å². The summed E-state index contributed by atoms with van der Waals surface area (Å²) in [5.41, 5.74) is 2.19. The quantitative estimate of drug-likeness (QED) is 0.760. The minimum atomic E-state index is -0.388. The summed E-state index contributed by atoms with van der Waals surface area (Å²) in [6.07, 6.45) is 0.902. The van der Waals surface area contributed by atoms with E-state index in [1.807, 2.05) is 32.3 Å². The van der Waals surface area contributed by atoms with E-state index in [0.29, 0.717) is 0 Å². The average molecular weight is 264 g/mol. The number of nitrogens with zero attached hydrogens (tertiary/aromatic N) is 1. The van der Waals surface area contributed by atoms with E-state index in [1.165, 1.54) is 12.7 Å². The van der Waals surface area contributed by atoms with Crippen molar-refractivity contribution in [2.45, 2.75) is 19.4 Å². The van der Waals surface area contributed by atoms with E-state index in [1.54, 1.807) is 0 Å². The van der Waals surface area contributed by atoms with Gasteiger partial charge < -0.3 is 9.64 Å². The van der Waals surface area contributed by atoms with Gasteiger partial charge in [-0.25, -0.2) is 4.79 Å². The Balaban J connectivity index is 2.86. The maximum absolute atomic E-state index is 12.0. The Hall–Kier alpha value is -1.39. The lowest BCUT2D eigenvalue weighted by Gasteiger charge is -2.20. The molecule has 0 aliphatic heterocycles. The molecule has 0 aliphatic rings. The third kappa shape index (κ3) is 4.65. The van der Waals surface area contributed by atoms with Crippen molar-refractivity contribution in [1.82, 2.24) is 10.2 Å². The van der Waals surface area contributed by atoms with Crippen LogP contribution in [-0.4, -0.2) is 45.2 Å². The SMILES string of the molecule is CCc1ccccc1C(NCCN(C)C)C(=O)OC. The number of methoxy groups -OCH3 is 1. The van der Waals surface area contributed by atoms with E-state index in [9.17, 15) is 4.79 Å². The number of ether oxygens (including phenoxy) is 1. The first-order valence-electron chi connectivity index (χ1n) is 6.63. The second-order valence-corrected chi connectivity index (χ2v) is 4.77. The van der Waals surface area contributed by atoms with Crippen molar-refractivity contribution in [3.8, 4) is 0 Å². The van der Waals surface area contributed by atoms with Crippen molar-refractivity contribution in [3.63, 3.8) is 0 Å². The van der Waals surface area contributed by atoms with Crippen molar-refractivity contribution >= 4 is 5.97 Å². The molecule has 0 heterocycles. The molecule has 0 bridgehead atoms. The van der Waals surface area contributed by atoms with Crippen molar-refractivity contribution < 1.29 is 9.53 Å². The summed E-state index contributed by atoms with van der Waals surface area (Å²) in [6.45, 7) is 3.71. The van der Waals surface area contributed by atoms with Gasteiger partial charge in [0.2, 0.25) is 0 Å². The minimum Gasteiger partial charge on any atom is -0.468 e. The van der Waals surface area contributed by atoms with Gasteiger partial charge in [-0.05, 0) is 31.6 Å². The molecular weight excluding hydrogens is 240 g/mol. The molecule has 0 spiro atoms. The van der Waals surface area contributed by atoms with Crippen LogP contribution in [0.3, 0.4) is 0 Å². The standard InChI is InChI=1S/C15H24N2O2/c1-5-12-8-6-7-9-13(12)14(15(18)19-4)16-10-11-17(2)3/h6-9,14,16H,5,10-11H2,1-4H3. The normalized spacial score (nSPS) is 12.5. The predicted octanol–water partition coefficient (Wildman–Crippen LogP) is 1.61. The summed E-state index contributed by atoms with van der Waals surface area (Å²) in [4.78, 5) is 14.0. The van der Waals surface area contributed by atoms with Crippen LogP contribution in [0, 0.1) is 0 Å². The maximum atomic E-state index is 12.0.